The highest BCUT2D eigenvalue weighted by Crippen LogP contribution is 1.95. The lowest BCUT2D eigenvalue weighted by atomic mass is 10.2. The van der Waals surface area contributed by atoms with Crippen molar-refractivity contribution in [3.63, 3.8) is 0 Å². The largest absolute Gasteiger partial charge is 0.480 e. The van der Waals surface area contributed by atoms with Gasteiger partial charge in [0.15, 0.2) is 6.04 Å². The van der Waals surface area contributed by atoms with Crippen molar-refractivity contribution in [2.24, 2.45) is 0 Å². The Morgan fingerprint density at radius 1 is 1.73 bits per heavy atom. The molecule has 11 heavy (non-hydrogen) atoms. The van der Waals surface area contributed by atoms with E-state index >= 15 is 0 Å². The molecule has 2 atom stereocenters. The predicted molar refractivity (Wildman–Crippen MR) is 37.1 cm³/mol. The van der Waals surface area contributed by atoms with Crippen LogP contribution in [0.3, 0.4) is 0 Å². The van der Waals surface area contributed by atoms with E-state index in [1.807, 2.05) is 0 Å². The molecule has 0 aromatic carbocycles. The summed E-state index contributed by atoms with van der Waals surface area (Å²) in [6.45, 7) is 1.56. The number of amides is 1. The average Bonchev–Trinajstić information content (AvgIpc) is 1.98. The van der Waals surface area contributed by atoms with E-state index in [2.05, 4.69) is 5.32 Å². The van der Waals surface area contributed by atoms with Crippen molar-refractivity contribution in [3.8, 4) is 0 Å². The highest BCUT2D eigenvalue weighted by Gasteiger charge is 2.23. The Bertz CT molecular complexity index is 148. The standard InChI is InChI=1S/C6H11NO4/c1-4(11-2)5(6(9)10)7-3-8/h3-5H,1-2H3,(H,7,8)(H,9,10)/t4-,5+/m1/s1. The van der Waals surface area contributed by atoms with E-state index in [0.29, 0.717) is 6.41 Å². The van der Waals surface area contributed by atoms with Crippen LogP contribution < -0.4 is 5.32 Å². The van der Waals surface area contributed by atoms with Gasteiger partial charge in [0.1, 0.15) is 0 Å². The van der Waals surface area contributed by atoms with E-state index in [0.717, 1.165) is 0 Å². The molecule has 64 valence electrons. The number of aliphatic carboxylic acids is 1. The number of nitrogens with one attached hydrogen (secondary N) is 1. The summed E-state index contributed by atoms with van der Waals surface area (Å²) < 4.78 is 4.72. The van der Waals surface area contributed by atoms with Crippen LogP contribution in [0, 0.1) is 0 Å². The third kappa shape index (κ3) is 2.99. The Balaban J connectivity index is 4.08. The fourth-order valence-corrected chi connectivity index (χ4v) is 0.617. The number of methoxy groups -OCH3 is 1. The van der Waals surface area contributed by atoms with Crippen LogP contribution in [0.1, 0.15) is 6.92 Å². The summed E-state index contributed by atoms with van der Waals surface area (Å²) in [4.78, 5) is 20.3. The van der Waals surface area contributed by atoms with Crippen molar-refractivity contribution < 1.29 is 19.4 Å². The minimum Gasteiger partial charge on any atom is -0.480 e. The lowest BCUT2D eigenvalue weighted by Crippen LogP contribution is -2.44. The number of ether oxygens (including phenoxy) is 1. The molecule has 0 rings (SSSR count). The van der Waals surface area contributed by atoms with Crippen molar-refractivity contribution in [2.75, 3.05) is 7.11 Å². The Labute approximate surface area is 64.3 Å². The molecule has 0 aliphatic rings. The first-order chi connectivity index (χ1) is 5.13. The number of carboxylic acid groups (broad SMARTS) is 1. The lowest BCUT2D eigenvalue weighted by Gasteiger charge is -2.17. The van der Waals surface area contributed by atoms with Gasteiger partial charge in [-0.1, -0.05) is 0 Å². The van der Waals surface area contributed by atoms with E-state index < -0.39 is 18.1 Å². The summed E-state index contributed by atoms with van der Waals surface area (Å²) in [5.41, 5.74) is 0. The molecule has 0 heterocycles. The molecule has 0 aromatic rings. The van der Waals surface area contributed by atoms with Crippen molar-refractivity contribution in [3.05, 3.63) is 0 Å². The molecular weight excluding hydrogens is 150 g/mol. The summed E-state index contributed by atoms with van der Waals surface area (Å²) in [6, 6.07) is -0.975. The van der Waals surface area contributed by atoms with Crippen molar-refractivity contribution >= 4 is 12.4 Å². The van der Waals surface area contributed by atoms with Crippen LogP contribution in [0.25, 0.3) is 0 Å². The maximum atomic E-state index is 10.4. The molecule has 0 aliphatic heterocycles. The van der Waals surface area contributed by atoms with Crippen LogP contribution in [0.15, 0.2) is 0 Å². The second-order valence-electron chi connectivity index (χ2n) is 2.04. The van der Waals surface area contributed by atoms with Gasteiger partial charge in [-0.15, -0.1) is 0 Å². The molecule has 0 bridgehead atoms. The van der Waals surface area contributed by atoms with Crippen LogP contribution in [0.2, 0.25) is 0 Å². The predicted octanol–water partition coefficient (Wildman–Crippen LogP) is -0.779. The summed E-state index contributed by atoms with van der Waals surface area (Å²) >= 11 is 0. The Morgan fingerprint density at radius 3 is 2.55 bits per heavy atom. The molecule has 1 amide bonds. The molecule has 5 heteroatoms. The molecule has 0 aromatic heterocycles. The van der Waals surface area contributed by atoms with Gasteiger partial charge in [0.25, 0.3) is 0 Å². The zero-order valence-electron chi connectivity index (χ0n) is 6.40. The number of carbonyl (C=O) groups is 2. The summed E-state index contributed by atoms with van der Waals surface area (Å²) in [6.07, 6.45) is -0.188. The first kappa shape index (κ1) is 9.90. The number of hydrogen-bond donors (Lipinski definition) is 2. The van der Waals surface area contributed by atoms with Crippen molar-refractivity contribution in [1.82, 2.24) is 5.32 Å². The Morgan fingerprint density at radius 2 is 2.27 bits per heavy atom. The zero-order valence-corrected chi connectivity index (χ0v) is 6.40. The van der Waals surface area contributed by atoms with Crippen LogP contribution >= 0.6 is 0 Å². The summed E-state index contributed by atoms with van der Waals surface area (Å²) in [5, 5.41) is 10.6. The third-order valence-corrected chi connectivity index (χ3v) is 1.35. The van der Waals surface area contributed by atoms with Gasteiger partial charge in [0.05, 0.1) is 6.10 Å². The molecule has 5 nitrogen and oxygen atoms in total. The lowest BCUT2D eigenvalue weighted by molar-refractivity contribution is -0.144. The minimum absolute atomic E-state index is 0.342. The molecule has 0 saturated heterocycles. The minimum atomic E-state index is -1.11. The topological polar surface area (TPSA) is 75.6 Å². The zero-order chi connectivity index (χ0) is 8.85. The Hall–Kier alpha value is -1.10. The maximum Gasteiger partial charge on any atom is 0.328 e. The van der Waals surface area contributed by atoms with Gasteiger partial charge < -0.3 is 15.2 Å². The van der Waals surface area contributed by atoms with Gasteiger partial charge in [0, 0.05) is 7.11 Å². The first-order valence-electron chi connectivity index (χ1n) is 3.08. The fraction of sp³-hybridized carbons (Fsp3) is 0.667. The van der Waals surface area contributed by atoms with Crippen LogP contribution in [0.4, 0.5) is 0 Å². The number of rotatable bonds is 5. The van der Waals surface area contributed by atoms with E-state index in [4.69, 9.17) is 9.84 Å². The molecule has 0 radical (unpaired) electrons. The normalized spacial score (nSPS) is 15.1. The van der Waals surface area contributed by atoms with Crippen LogP contribution in [0.5, 0.6) is 0 Å². The highest BCUT2D eigenvalue weighted by atomic mass is 16.5. The SMILES string of the molecule is CO[C@H](C)[C@H](NC=O)C(=O)O. The smallest absolute Gasteiger partial charge is 0.328 e. The van der Waals surface area contributed by atoms with Gasteiger partial charge >= 0.3 is 5.97 Å². The van der Waals surface area contributed by atoms with Crippen molar-refractivity contribution in [2.45, 2.75) is 19.1 Å². The van der Waals surface area contributed by atoms with E-state index in [1.54, 1.807) is 6.92 Å². The second-order valence-corrected chi connectivity index (χ2v) is 2.04. The molecule has 2 N–H and O–H groups in total. The van der Waals surface area contributed by atoms with Crippen LogP contribution in [-0.2, 0) is 14.3 Å². The van der Waals surface area contributed by atoms with E-state index in [9.17, 15) is 9.59 Å². The van der Waals surface area contributed by atoms with Gasteiger partial charge in [-0.2, -0.15) is 0 Å². The fourth-order valence-electron chi connectivity index (χ4n) is 0.617. The van der Waals surface area contributed by atoms with Crippen molar-refractivity contribution in [1.29, 1.82) is 0 Å². The quantitative estimate of drug-likeness (QED) is 0.519. The van der Waals surface area contributed by atoms with Crippen LogP contribution in [-0.4, -0.2) is 36.7 Å². The maximum absolute atomic E-state index is 10.4. The molecule has 0 saturated carbocycles. The highest BCUT2D eigenvalue weighted by molar-refractivity contribution is 5.76. The number of carbonyl (C=O) groups excluding carboxylic acids is 1. The van der Waals surface area contributed by atoms with Gasteiger partial charge in [-0.3, -0.25) is 4.79 Å². The molecular formula is C6H11NO4. The monoisotopic (exact) mass is 161 g/mol. The third-order valence-electron chi connectivity index (χ3n) is 1.35. The van der Waals surface area contributed by atoms with Gasteiger partial charge in [-0.05, 0) is 6.92 Å². The summed E-state index contributed by atoms with van der Waals surface area (Å²) in [7, 11) is 1.38. The van der Waals surface area contributed by atoms with Gasteiger partial charge in [0.2, 0.25) is 6.41 Å². The summed E-state index contributed by atoms with van der Waals surface area (Å²) in [5.74, 6) is -1.11. The van der Waals surface area contributed by atoms with Gasteiger partial charge in [-0.25, -0.2) is 4.79 Å². The number of hydrogen-bond acceptors (Lipinski definition) is 3. The average molecular weight is 161 g/mol. The molecule has 0 unspecified atom stereocenters. The Kier molecular flexibility index (Phi) is 4.21. The first-order valence-corrected chi connectivity index (χ1v) is 3.08. The van der Waals surface area contributed by atoms with E-state index in [1.165, 1.54) is 7.11 Å². The van der Waals surface area contributed by atoms with E-state index in [-0.39, 0.29) is 0 Å². The molecule has 0 fully saturated rings. The second kappa shape index (κ2) is 4.68. The molecule has 0 spiro atoms. The number of carboxylic acids is 1. The molecule has 0 aliphatic carbocycles.